The second-order valence-corrected chi connectivity index (χ2v) is 5.64. The van der Waals surface area contributed by atoms with Crippen LogP contribution in [-0.4, -0.2) is 19.9 Å². The van der Waals surface area contributed by atoms with Crippen molar-refractivity contribution in [2.45, 2.75) is 0 Å². The second-order valence-electron chi connectivity index (χ2n) is 2.81. The minimum Gasteiger partial charge on any atom is -0.381 e. The van der Waals surface area contributed by atoms with Gasteiger partial charge in [0.1, 0.15) is 18.5 Å². The largest absolute Gasteiger partial charge is 0.381 e. The van der Waals surface area contributed by atoms with Crippen molar-refractivity contribution in [3.63, 3.8) is 0 Å². The maximum Gasteiger partial charge on any atom is 0.158 e. The first-order chi connectivity index (χ1) is 8.40. The van der Waals surface area contributed by atoms with Gasteiger partial charge in [-0.3, -0.25) is 0 Å². The topological polar surface area (TPSA) is 106 Å². The molecule has 0 saturated heterocycles. The highest BCUT2D eigenvalue weighted by atomic mass is 79.9. The van der Waals surface area contributed by atoms with Gasteiger partial charge in [-0.2, -0.15) is 0 Å². The van der Waals surface area contributed by atoms with Crippen LogP contribution in [0.15, 0.2) is 26.2 Å². The lowest BCUT2D eigenvalue weighted by Crippen LogP contribution is -1.92. The highest BCUT2D eigenvalue weighted by Gasteiger charge is 1.96. The van der Waals surface area contributed by atoms with Gasteiger partial charge in [-0.25, -0.2) is 15.0 Å². The minimum atomic E-state index is 0.355. The van der Waals surface area contributed by atoms with E-state index in [1.807, 2.05) is 0 Å². The van der Waals surface area contributed by atoms with Gasteiger partial charge in [0.2, 0.25) is 0 Å². The van der Waals surface area contributed by atoms with Crippen molar-refractivity contribution >= 4 is 71.6 Å². The Morgan fingerprint density at radius 1 is 1.06 bits per heavy atom. The van der Waals surface area contributed by atoms with Crippen molar-refractivity contribution in [3.05, 3.63) is 30.8 Å². The number of halogens is 3. The standard InChI is InChI=1S/C4H3Br2N3.C4H4BrN3S/c5-2-1-8-4(7)3(6)9-2;5-2-1-7-3(6)4(9)8-2/h1H,(H2,7,8);1H,(H2,6,7)(H,8,9). The van der Waals surface area contributed by atoms with E-state index in [1.54, 1.807) is 12.4 Å². The molecule has 0 saturated carbocycles. The number of aromatic amines is 1. The van der Waals surface area contributed by atoms with E-state index in [9.17, 15) is 0 Å². The monoisotopic (exact) mass is 456 g/mol. The molecule has 0 fully saturated rings. The molecule has 2 aromatic heterocycles. The van der Waals surface area contributed by atoms with Gasteiger partial charge in [-0.15, -0.1) is 0 Å². The van der Waals surface area contributed by atoms with Crippen molar-refractivity contribution in [3.8, 4) is 0 Å². The van der Waals surface area contributed by atoms with Crippen LogP contribution in [0.3, 0.4) is 0 Å². The molecule has 0 atom stereocenters. The molecule has 0 unspecified atom stereocenters. The molecule has 18 heavy (non-hydrogen) atoms. The summed E-state index contributed by atoms with van der Waals surface area (Å²) in [5.41, 5.74) is 10.7. The van der Waals surface area contributed by atoms with Crippen LogP contribution in [0.1, 0.15) is 0 Å². The van der Waals surface area contributed by atoms with Gasteiger partial charge < -0.3 is 16.5 Å². The Labute approximate surface area is 133 Å². The highest BCUT2D eigenvalue weighted by molar-refractivity contribution is 9.11. The molecule has 2 rings (SSSR count). The normalized spacial score (nSPS) is 9.50. The zero-order valence-corrected chi connectivity index (χ0v) is 14.3. The van der Waals surface area contributed by atoms with Crippen molar-refractivity contribution in [1.82, 2.24) is 19.9 Å². The molecular weight excluding hydrogens is 452 g/mol. The number of nitrogen functional groups attached to an aromatic ring is 2. The minimum absolute atomic E-state index is 0.355. The van der Waals surface area contributed by atoms with Crippen LogP contribution >= 0.6 is 60.0 Å². The number of H-pyrrole nitrogens is 1. The molecule has 0 aliphatic heterocycles. The fraction of sp³-hybridized carbons (Fsp3) is 0. The van der Waals surface area contributed by atoms with E-state index in [-0.39, 0.29) is 0 Å². The lowest BCUT2D eigenvalue weighted by molar-refractivity contribution is 1.14. The van der Waals surface area contributed by atoms with E-state index < -0.39 is 0 Å². The zero-order valence-electron chi connectivity index (χ0n) is 8.69. The summed E-state index contributed by atoms with van der Waals surface area (Å²) in [7, 11) is 0. The van der Waals surface area contributed by atoms with Crippen molar-refractivity contribution in [2.75, 3.05) is 11.5 Å². The summed E-state index contributed by atoms with van der Waals surface area (Å²) in [5.74, 6) is 0.756. The number of anilines is 2. The van der Waals surface area contributed by atoms with Crippen LogP contribution in [0.4, 0.5) is 11.6 Å². The molecule has 0 aliphatic rings. The number of hydrogen-bond donors (Lipinski definition) is 3. The van der Waals surface area contributed by atoms with Crippen LogP contribution in [0, 0.1) is 4.64 Å². The van der Waals surface area contributed by atoms with Gasteiger partial charge in [0, 0.05) is 0 Å². The Bertz CT molecular complexity index is 602. The van der Waals surface area contributed by atoms with E-state index in [1.165, 1.54) is 0 Å². The zero-order chi connectivity index (χ0) is 13.7. The Balaban J connectivity index is 0.000000180. The molecule has 2 aromatic rings. The average Bonchev–Trinajstić information content (AvgIpc) is 2.30. The molecule has 0 spiro atoms. The van der Waals surface area contributed by atoms with E-state index in [0.29, 0.717) is 25.5 Å². The number of hydrogen-bond acceptors (Lipinski definition) is 6. The van der Waals surface area contributed by atoms with E-state index >= 15 is 0 Å². The number of nitrogens with zero attached hydrogens (tertiary/aromatic N) is 3. The maximum absolute atomic E-state index is 5.35. The van der Waals surface area contributed by atoms with Gasteiger partial charge >= 0.3 is 0 Å². The number of nitrogens with two attached hydrogens (primary N) is 2. The van der Waals surface area contributed by atoms with Gasteiger partial charge in [0.25, 0.3) is 0 Å². The molecule has 96 valence electrons. The summed E-state index contributed by atoms with van der Waals surface area (Å²) in [6.45, 7) is 0. The van der Waals surface area contributed by atoms with Gasteiger partial charge in [0.15, 0.2) is 11.6 Å². The van der Waals surface area contributed by atoms with Crippen molar-refractivity contribution < 1.29 is 0 Å². The molecule has 0 aliphatic carbocycles. The summed E-state index contributed by atoms with van der Waals surface area (Å²) in [4.78, 5) is 14.3. The Hall–Kier alpha value is -0.580. The molecule has 0 bridgehead atoms. The third-order valence-electron chi connectivity index (χ3n) is 1.51. The SMILES string of the molecule is Nc1ncc(Br)[nH]c1=S.Nc1ncc(Br)nc1Br. The summed E-state index contributed by atoms with van der Waals surface area (Å²) < 4.78 is 2.44. The molecule has 6 nitrogen and oxygen atoms in total. The lowest BCUT2D eigenvalue weighted by Gasteiger charge is -1.93. The summed E-state index contributed by atoms with van der Waals surface area (Å²) in [6, 6.07) is 0. The fourth-order valence-corrected chi connectivity index (χ4v) is 2.15. The summed E-state index contributed by atoms with van der Waals surface area (Å²) >= 11 is 14.2. The first-order valence-electron chi connectivity index (χ1n) is 4.34. The second kappa shape index (κ2) is 7.12. The van der Waals surface area contributed by atoms with E-state index in [0.717, 1.165) is 4.60 Å². The Kier molecular flexibility index (Phi) is 6.12. The van der Waals surface area contributed by atoms with Crippen LogP contribution in [0.2, 0.25) is 0 Å². The van der Waals surface area contributed by atoms with Gasteiger partial charge in [-0.1, -0.05) is 12.2 Å². The predicted molar refractivity (Wildman–Crippen MR) is 83.4 cm³/mol. The molecule has 2 heterocycles. The maximum atomic E-state index is 5.35. The number of aromatic nitrogens is 4. The summed E-state index contributed by atoms with van der Waals surface area (Å²) in [6.07, 6.45) is 3.10. The molecule has 10 heteroatoms. The van der Waals surface area contributed by atoms with Gasteiger partial charge in [-0.05, 0) is 47.8 Å². The molecular formula is C8H7Br3N6S. The molecule has 0 amide bonds. The first kappa shape index (κ1) is 15.5. The lowest BCUT2D eigenvalue weighted by atomic mass is 10.7. The molecule has 0 aromatic carbocycles. The van der Waals surface area contributed by atoms with Gasteiger partial charge in [0.05, 0.1) is 12.4 Å². The van der Waals surface area contributed by atoms with E-state index in [4.69, 9.17) is 23.7 Å². The van der Waals surface area contributed by atoms with Crippen LogP contribution in [0.25, 0.3) is 0 Å². The van der Waals surface area contributed by atoms with Crippen molar-refractivity contribution in [2.24, 2.45) is 0 Å². The number of nitrogens with one attached hydrogen (secondary N) is 1. The summed E-state index contributed by atoms with van der Waals surface area (Å²) in [5, 5.41) is 0. The van der Waals surface area contributed by atoms with Crippen molar-refractivity contribution in [1.29, 1.82) is 0 Å². The molecule has 0 radical (unpaired) electrons. The Morgan fingerprint density at radius 2 is 1.67 bits per heavy atom. The fourth-order valence-electron chi connectivity index (χ4n) is 0.746. The predicted octanol–water partition coefficient (Wildman–Crippen LogP) is 3.07. The Morgan fingerprint density at radius 3 is 2.11 bits per heavy atom. The third kappa shape index (κ3) is 4.96. The average molecular weight is 459 g/mol. The quantitative estimate of drug-likeness (QED) is 0.524. The van der Waals surface area contributed by atoms with E-state index in [2.05, 4.69) is 67.7 Å². The first-order valence-corrected chi connectivity index (χ1v) is 7.12. The highest BCUT2D eigenvalue weighted by Crippen LogP contribution is 2.15. The number of rotatable bonds is 0. The van der Waals surface area contributed by atoms with Crippen LogP contribution < -0.4 is 11.5 Å². The smallest absolute Gasteiger partial charge is 0.158 e. The third-order valence-corrected chi connectivity index (χ3v) is 3.19. The van der Waals surface area contributed by atoms with Crippen LogP contribution in [-0.2, 0) is 0 Å². The molecule has 5 N–H and O–H groups in total. The van der Waals surface area contributed by atoms with Crippen LogP contribution in [0.5, 0.6) is 0 Å².